The number of hydrogen-bond donors (Lipinski definition) is 2. The summed E-state index contributed by atoms with van der Waals surface area (Å²) in [6, 6.07) is 22.8. The predicted octanol–water partition coefficient (Wildman–Crippen LogP) is 3.70. The second-order valence-electron chi connectivity index (χ2n) is 7.66. The van der Waals surface area contributed by atoms with E-state index in [1.807, 2.05) is 36.4 Å². The first-order valence-corrected chi connectivity index (χ1v) is 10.6. The lowest BCUT2D eigenvalue weighted by Crippen LogP contribution is -2.31. The molecule has 4 rings (SSSR count). The molecule has 0 spiro atoms. The molecule has 7 heteroatoms. The van der Waals surface area contributed by atoms with Crippen LogP contribution >= 0.6 is 0 Å². The van der Waals surface area contributed by atoms with Gasteiger partial charge >= 0.3 is 0 Å². The van der Waals surface area contributed by atoms with E-state index in [2.05, 4.69) is 27.6 Å². The second kappa shape index (κ2) is 9.99. The molecule has 1 aromatic heterocycles. The molecule has 0 aliphatic heterocycles. The van der Waals surface area contributed by atoms with E-state index >= 15 is 0 Å². The second-order valence-corrected chi connectivity index (χ2v) is 7.66. The standard InChI is InChI=1S/C26H25N3O4/c1-32-22-13-12-18(15-23(22)33-2)19(14-17-8-4-3-5-9-17)16-27-26(31)24-20-10-6-7-11-21(20)25(30)29-28-24/h3-13,15,19H,14,16H2,1-2H3,(H,27,31)(H,29,30)/t19-/m0/s1. The van der Waals surface area contributed by atoms with Gasteiger partial charge in [0.25, 0.3) is 11.5 Å². The lowest BCUT2D eigenvalue weighted by Gasteiger charge is -2.20. The first kappa shape index (κ1) is 22.1. The van der Waals surface area contributed by atoms with Crippen molar-refractivity contribution in [2.24, 2.45) is 0 Å². The third kappa shape index (κ3) is 4.87. The van der Waals surface area contributed by atoms with Gasteiger partial charge in [-0.2, -0.15) is 5.10 Å². The number of fused-ring (bicyclic) bond motifs is 1. The fourth-order valence-electron chi connectivity index (χ4n) is 3.90. The lowest BCUT2D eigenvalue weighted by atomic mass is 9.91. The molecule has 2 N–H and O–H groups in total. The van der Waals surface area contributed by atoms with Crippen LogP contribution in [0.5, 0.6) is 11.5 Å². The monoisotopic (exact) mass is 443 g/mol. The highest BCUT2D eigenvalue weighted by atomic mass is 16.5. The summed E-state index contributed by atoms with van der Waals surface area (Å²) < 4.78 is 10.8. The van der Waals surface area contributed by atoms with Crippen molar-refractivity contribution >= 4 is 16.7 Å². The minimum absolute atomic E-state index is 0.0230. The zero-order chi connectivity index (χ0) is 23.2. The Kier molecular flexibility index (Phi) is 6.69. The van der Waals surface area contributed by atoms with Crippen molar-refractivity contribution in [1.82, 2.24) is 15.5 Å². The smallest absolute Gasteiger partial charge is 0.272 e. The summed E-state index contributed by atoms with van der Waals surface area (Å²) >= 11 is 0. The zero-order valence-electron chi connectivity index (χ0n) is 18.5. The average Bonchev–Trinajstić information content (AvgIpc) is 2.87. The molecule has 0 unspecified atom stereocenters. The van der Waals surface area contributed by atoms with Gasteiger partial charge in [-0.15, -0.1) is 0 Å². The highest BCUT2D eigenvalue weighted by Gasteiger charge is 2.19. The summed E-state index contributed by atoms with van der Waals surface area (Å²) in [7, 11) is 3.20. The molecule has 1 atom stereocenters. The van der Waals surface area contributed by atoms with Gasteiger partial charge in [0.2, 0.25) is 0 Å². The van der Waals surface area contributed by atoms with E-state index in [4.69, 9.17) is 9.47 Å². The molecule has 0 bridgehead atoms. The van der Waals surface area contributed by atoms with E-state index in [1.54, 1.807) is 38.5 Å². The van der Waals surface area contributed by atoms with Crippen molar-refractivity contribution in [2.45, 2.75) is 12.3 Å². The summed E-state index contributed by atoms with van der Waals surface area (Å²) in [6.45, 7) is 0.373. The number of nitrogens with zero attached hydrogens (tertiary/aromatic N) is 1. The molecule has 0 saturated heterocycles. The molecule has 0 fully saturated rings. The third-order valence-corrected chi connectivity index (χ3v) is 5.62. The number of benzene rings is 3. The summed E-state index contributed by atoms with van der Waals surface area (Å²) in [5.41, 5.74) is 2.03. The normalized spacial score (nSPS) is 11.7. The molecular weight excluding hydrogens is 418 g/mol. The van der Waals surface area contributed by atoms with Crippen LogP contribution in [0.4, 0.5) is 0 Å². The molecule has 0 radical (unpaired) electrons. The molecule has 168 valence electrons. The number of ether oxygens (including phenoxy) is 2. The van der Waals surface area contributed by atoms with Crippen molar-refractivity contribution in [3.63, 3.8) is 0 Å². The number of methoxy groups -OCH3 is 2. The highest BCUT2D eigenvalue weighted by Crippen LogP contribution is 2.32. The highest BCUT2D eigenvalue weighted by molar-refractivity contribution is 6.04. The Morgan fingerprint density at radius 1 is 0.939 bits per heavy atom. The summed E-state index contributed by atoms with van der Waals surface area (Å²) in [5.74, 6) is 0.909. The average molecular weight is 444 g/mol. The Bertz CT molecular complexity index is 1320. The number of nitrogens with one attached hydrogen (secondary N) is 2. The van der Waals surface area contributed by atoms with E-state index in [1.165, 1.54) is 0 Å². The molecule has 33 heavy (non-hydrogen) atoms. The van der Waals surface area contributed by atoms with E-state index < -0.39 is 0 Å². The largest absolute Gasteiger partial charge is 0.493 e. The fourth-order valence-corrected chi connectivity index (χ4v) is 3.90. The summed E-state index contributed by atoms with van der Waals surface area (Å²) in [6.07, 6.45) is 0.719. The maximum absolute atomic E-state index is 13.0. The number of carbonyl (C=O) groups is 1. The van der Waals surface area contributed by atoms with E-state index in [0.29, 0.717) is 28.8 Å². The topological polar surface area (TPSA) is 93.3 Å². The number of carbonyl (C=O) groups excluding carboxylic acids is 1. The van der Waals surface area contributed by atoms with Gasteiger partial charge < -0.3 is 14.8 Å². The Morgan fingerprint density at radius 2 is 1.64 bits per heavy atom. The molecular formula is C26H25N3O4. The van der Waals surface area contributed by atoms with Crippen molar-refractivity contribution in [3.05, 3.63) is 100.0 Å². The molecule has 1 heterocycles. The number of rotatable bonds is 8. The van der Waals surface area contributed by atoms with Crippen LogP contribution in [0.2, 0.25) is 0 Å². The Morgan fingerprint density at radius 3 is 2.36 bits per heavy atom. The molecule has 0 aliphatic carbocycles. The predicted molar refractivity (Wildman–Crippen MR) is 127 cm³/mol. The molecule has 3 aromatic carbocycles. The van der Waals surface area contributed by atoms with Gasteiger partial charge in [0.1, 0.15) is 0 Å². The van der Waals surface area contributed by atoms with Crippen LogP contribution in [0.25, 0.3) is 10.8 Å². The van der Waals surface area contributed by atoms with Gasteiger partial charge in [0, 0.05) is 17.8 Å². The Hall–Kier alpha value is -4.13. The lowest BCUT2D eigenvalue weighted by molar-refractivity contribution is 0.0947. The third-order valence-electron chi connectivity index (χ3n) is 5.62. The Balaban J connectivity index is 1.61. The number of aromatic amines is 1. The van der Waals surface area contributed by atoms with Crippen LogP contribution in [-0.2, 0) is 6.42 Å². The van der Waals surface area contributed by atoms with Crippen molar-refractivity contribution in [2.75, 3.05) is 20.8 Å². The van der Waals surface area contributed by atoms with Gasteiger partial charge in [0.15, 0.2) is 17.2 Å². The molecule has 1 amide bonds. The van der Waals surface area contributed by atoms with Crippen LogP contribution in [-0.4, -0.2) is 36.9 Å². The fraction of sp³-hybridized carbons (Fsp3) is 0.192. The van der Waals surface area contributed by atoms with Gasteiger partial charge in [0.05, 0.1) is 19.6 Å². The van der Waals surface area contributed by atoms with Crippen molar-refractivity contribution in [3.8, 4) is 11.5 Å². The number of aromatic nitrogens is 2. The van der Waals surface area contributed by atoms with E-state index in [9.17, 15) is 9.59 Å². The maximum Gasteiger partial charge on any atom is 0.272 e. The number of H-pyrrole nitrogens is 1. The molecule has 0 aliphatic rings. The Labute approximate surface area is 191 Å². The maximum atomic E-state index is 13.0. The zero-order valence-corrected chi connectivity index (χ0v) is 18.5. The minimum Gasteiger partial charge on any atom is -0.493 e. The van der Waals surface area contributed by atoms with Gasteiger partial charge in [-0.1, -0.05) is 54.6 Å². The van der Waals surface area contributed by atoms with Crippen LogP contribution in [0.3, 0.4) is 0 Å². The van der Waals surface area contributed by atoms with Crippen LogP contribution in [0.15, 0.2) is 77.6 Å². The van der Waals surface area contributed by atoms with Gasteiger partial charge in [-0.05, 0) is 35.7 Å². The minimum atomic E-state index is -0.346. The van der Waals surface area contributed by atoms with Crippen LogP contribution < -0.4 is 20.3 Å². The summed E-state index contributed by atoms with van der Waals surface area (Å²) in [4.78, 5) is 25.1. The van der Waals surface area contributed by atoms with Crippen LogP contribution in [0, 0.1) is 0 Å². The van der Waals surface area contributed by atoms with Crippen LogP contribution in [0.1, 0.15) is 27.5 Å². The molecule has 4 aromatic rings. The van der Waals surface area contributed by atoms with Crippen molar-refractivity contribution < 1.29 is 14.3 Å². The SMILES string of the molecule is COc1ccc([C@H](CNC(=O)c2n[nH]c(=O)c3ccccc23)Cc2ccccc2)cc1OC. The van der Waals surface area contributed by atoms with E-state index in [-0.39, 0.29) is 23.1 Å². The number of hydrogen-bond acceptors (Lipinski definition) is 5. The van der Waals surface area contributed by atoms with Crippen molar-refractivity contribution in [1.29, 1.82) is 0 Å². The molecule has 0 saturated carbocycles. The quantitative estimate of drug-likeness (QED) is 0.433. The van der Waals surface area contributed by atoms with Gasteiger partial charge in [-0.25, -0.2) is 5.10 Å². The first-order valence-electron chi connectivity index (χ1n) is 10.6. The first-order chi connectivity index (χ1) is 16.1. The summed E-state index contributed by atoms with van der Waals surface area (Å²) in [5, 5.41) is 10.4. The van der Waals surface area contributed by atoms with Gasteiger partial charge in [-0.3, -0.25) is 9.59 Å². The number of amides is 1. The van der Waals surface area contributed by atoms with E-state index in [0.717, 1.165) is 17.5 Å². The molecule has 7 nitrogen and oxygen atoms in total.